The minimum Gasteiger partial charge on any atom is -0.388 e. The lowest BCUT2D eigenvalue weighted by atomic mass is 9.79. The lowest BCUT2D eigenvalue weighted by Gasteiger charge is -2.52. The molecule has 2 saturated heterocycles. The Hall–Kier alpha value is -2.62. The van der Waals surface area contributed by atoms with Crippen molar-refractivity contribution in [1.29, 1.82) is 0 Å². The van der Waals surface area contributed by atoms with E-state index in [1.807, 2.05) is 13.0 Å². The van der Waals surface area contributed by atoms with Gasteiger partial charge in [-0.2, -0.15) is 0 Å². The summed E-state index contributed by atoms with van der Waals surface area (Å²) in [7, 11) is 1.52. The Bertz CT molecular complexity index is 1520. The predicted octanol–water partition coefficient (Wildman–Crippen LogP) is 5.77. The molecule has 1 aromatic carbocycles. The maximum Gasteiger partial charge on any atom is 0.248 e. The van der Waals surface area contributed by atoms with Gasteiger partial charge < -0.3 is 24.1 Å². The zero-order chi connectivity index (χ0) is 32.1. The summed E-state index contributed by atoms with van der Waals surface area (Å²) in [5, 5.41) is 19.8. The van der Waals surface area contributed by atoms with Gasteiger partial charge in [-0.25, -0.2) is 22.2 Å². The Morgan fingerprint density at radius 3 is 2.56 bits per heavy atom. The quantitative estimate of drug-likeness (QED) is 0.319. The largest absolute Gasteiger partial charge is 0.388 e. The highest BCUT2D eigenvalue weighted by Gasteiger charge is 2.56. The second-order valence-electron chi connectivity index (χ2n) is 12.4. The molecule has 1 saturated carbocycles. The van der Waals surface area contributed by atoms with Crippen LogP contribution in [0.5, 0.6) is 0 Å². The third-order valence-corrected chi connectivity index (χ3v) is 10.4. The van der Waals surface area contributed by atoms with Crippen molar-refractivity contribution in [2.24, 2.45) is 0 Å². The fraction of sp³-hybridized carbons (Fsp3) is 0.581. The van der Waals surface area contributed by atoms with E-state index in [0.717, 1.165) is 17.7 Å². The van der Waals surface area contributed by atoms with E-state index in [-0.39, 0.29) is 19.4 Å². The summed E-state index contributed by atoms with van der Waals surface area (Å²) in [5.74, 6) is -5.79. The van der Waals surface area contributed by atoms with Crippen LogP contribution >= 0.6 is 11.8 Å². The Morgan fingerprint density at radius 1 is 1.11 bits per heavy atom. The molecule has 1 N–H and O–H groups in total. The molecule has 3 aromatic rings. The molecule has 4 heterocycles. The van der Waals surface area contributed by atoms with E-state index in [2.05, 4.69) is 15.3 Å². The Balaban J connectivity index is 1.38. The standard InChI is InChI=1S/C31H36F4N4O5S/c1-17-6-5-13-36-23(17)27(30(40)9-11-31(34,35)12-10-30)45-28-26(41-4)24(25-22(43-28)16-42-29(2,3)44-25)39-15-21(37-38-39)18-7-8-19(32)20(33)14-18/h5-8,13-15,22,24-28,40H,9-12,16H2,1-4H3/t22-,24+,25+,26-,27?,28+/m1/s1. The number of aryl methyl sites for hydroxylation is 1. The summed E-state index contributed by atoms with van der Waals surface area (Å²) in [6, 6.07) is 6.49. The monoisotopic (exact) mass is 652 g/mol. The zero-order valence-corrected chi connectivity index (χ0v) is 26.1. The number of rotatable bonds is 7. The van der Waals surface area contributed by atoms with E-state index in [4.69, 9.17) is 18.9 Å². The van der Waals surface area contributed by atoms with Crippen LogP contribution in [0.1, 0.15) is 62.1 Å². The lowest BCUT2D eigenvalue weighted by molar-refractivity contribution is -0.342. The van der Waals surface area contributed by atoms with Crippen molar-refractivity contribution >= 4 is 11.8 Å². The van der Waals surface area contributed by atoms with Gasteiger partial charge in [0.05, 0.1) is 29.3 Å². The van der Waals surface area contributed by atoms with E-state index in [9.17, 15) is 22.7 Å². The van der Waals surface area contributed by atoms with Crippen LogP contribution in [-0.2, 0) is 18.9 Å². The number of hydrogen-bond acceptors (Lipinski definition) is 9. The number of benzene rings is 1. The number of methoxy groups -OCH3 is 1. The van der Waals surface area contributed by atoms with Crippen LogP contribution in [0.25, 0.3) is 11.3 Å². The molecule has 45 heavy (non-hydrogen) atoms. The molecular formula is C31H36F4N4O5S. The van der Waals surface area contributed by atoms with Crippen molar-refractivity contribution in [2.45, 2.75) is 98.8 Å². The first kappa shape index (κ1) is 32.3. The minimum absolute atomic E-state index is 0.116. The SMILES string of the molecule is CO[C@@H]1[C@@H](n2cc(-c3ccc(F)c(F)c3)nn2)[C@H]2OC(C)(C)OC[C@H]2O[C@H]1SC(c1ncccc1C)C1(O)CCC(F)(F)CC1. The molecule has 244 valence electrons. The number of fused-ring (bicyclic) bond motifs is 1. The number of nitrogens with zero attached hydrogens (tertiary/aromatic N) is 4. The number of alkyl halides is 2. The molecule has 9 nitrogen and oxygen atoms in total. The van der Waals surface area contributed by atoms with E-state index in [1.165, 1.54) is 24.9 Å². The Morgan fingerprint density at radius 2 is 1.87 bits per heavy atom. The van der Waals surface area contributed by atoms with Gasteiger partial charge in [0, 0.05) is 31.7 Å². The summed E-state index contributed by atoms with van der Waals surface area (Å²) >= 11 is 1.26. The molecule has 3 aliphatic rings. The average molecular weight is 653 g/mol. The van der Waals surface area contributed by atoms with Crippen molar-refractivity contribution < 1.29 is 41.6 Å². The van der Waals surface area contributed by atoms with Gasteiger partial charge in [-0.3, -0.25) is 4.98 Å². The van der Waals surface area contributed by atoms with E-state index in [1.54, 1.807) is 37.0 Å². The highest BCUT2D eigenvalue weighted by atomic mass is 32.2. The Labute approximate surface area is 262 Å². The number of pyridine rings is 1. The molecule has 6 atom stereocenters. The van der Waals surface area contributed by atoms with Crippen LogP contribution in [0, 0.1) is 18.6 Å². The van der Waals surface area contributed by atoms with Crippen molar-refractivity contribution in [1.82, 2.24) is 20.0 Å². The molecule has 3 fully saturated rings. The van der Waals surface area contributed by atoms with Gasteiger partial charge in [-0.1, -0.05) is 11.3 Å². The van der Waals surface area contributed by atoms with Crippen molar-refractivity contribution in [3.05, 3.63) is 65.6 Å². The van der Waals surface area contributed by atoms with Crippen LogP contribution in [0.15, 0.2) is 42.7 Å². The van der Waals surface area contributed by atoms with Gasteiger partial charge in [0.2, 0.25) is 5.92 Å². The third-order valence-electron chi connectivity index (χ3n) is 8.84. The summed E-state index contributed by atoms with van der Waals surface area (Å²) in [4.78, 5) is 4.58. The van der Waals surface area contributed by atoms with Gasteiger partial charge >= 0.3 is 0 Å². The first-order valence-corrected chi connectivity index (χ1v) is 15.8. The third kappa shape index (κ3) is 6.50. The van der Waals surface area contributed by atoms with Gasteiger partial charge in [0.25, 0.3) is 0 Å². The predicted molar refractivity (Wildman–Crippen MR) is 156 cm³/mol. The second-order valence-corrected chi connectivity index (χ2v) is 13.6. The maximum absolute atomic E-state index is 14.3. The van der Waals surface area contributed by atoms with Gasteiger partial charge in [0.1, 0.15) is 35.5 Å². The van der Waals surface area contributed by atoms with E-state index in [0.29, 0.717) is 17.0 Å². The molecule has 2 aromatic heterocycles. The van der Waals surface area contributed by atoms with E-state index < -0.39 is 76.8 Å². The molecule has 6 rings (SSSR count). The zero-order valence-electron chi connectivity index (χ0n) is 25.3. The number of thioether (sulfide) groups is 1. The highest BCUT2D eigenvalue weighted by molar-refractivity contribution is 8.00. The number of aliphatic hydroxyl groups is 1. The summed E-state index contributed by atoms with van der Waals surface area (Å²) in [6.07, 6.45) is 0.137. The van der Waals surface area contributed by atoms with Crippen molar-refractivity contribution in [3.63, 3.8) is 0 Å². The molecular weight excluding hydrogens is 616 g/mol. The molecule has 0 spiro atoms. The summed E-state index contributed by atoms with van der Waals surface area (Å²) in [5.41, 5.74) is -0.234. The first-order valence-electron chi connectivity index (χ1n) is 14.8. The lowest BCUT2D eigenvalue weighted by Crippen LogP contribution is -2.62. The smallest absolute Gasteiger partial charge is 0.248 e. The Kier molecular flexibility index (Phi) is 8.76. The number of hydrogen-bond donors (Lipinski definition) is 1. The minimum atomic E-state index is -2.85. The van der Waals surface area contributed by atoms with Crippen molar-refractivity contribution in [3.8, 4) is 11.3 Å². The number of aromatic nitrogens is 4. The molecule has 14 heteroatoms. The van der Waals surface area contributed by atoms with E-state index >= 15 is 0 Å². The fourth-order valence-electron chi connectivity index (χ4n) is 6.35. The van der Waals surface area contributed by atoms with Gasteiger partial charge in [-0.15, -0.1) is 16.9 Å². The highest BCUT2D eigenvalue weighted by Crippen LogP contribution is 2.53. The molecule has 0 radical (unpaired) electrons. The van der Waals surface area contributed by atoms with Crippen molar-refractivity contribution in [2.75, 3.05) is 13.7 Å². The number of halogens is 4. The van der Waals surface area contributed by atoms with Gasteiger partial charge in [-0.05, 0) is 63.4 Å². The first-order chi connectivity index (χ1) is 21.3. The fourth-order valence-corrected chi connectivity index (χ4v) is 8.12. The maximum atomic E-state index is 14.3. The van der Waals surface area contributed by atoms with Crippen LogP contribution in [0.2, 0.25) is 0 Å². The van der Waals surface area contributed by atoms with Crippen LogP contribution < -0.4 is 0 Å². The molecule has 0 amide bonds. The average Bonchev–Trinajstić information content (AvgIpc) is 3.48. The van der Waals surface area contributed by atoms with Crippen LogP contribution in [0.3, 0.4) is 0 Å². The van der Waals surface area contributed by atoms with Crippen LogP contribution in [-0.4, -0.2) is 79.9 Å². The van der Waals surface area contributed by atoms with Crippen LogP contribution in [0.4, 0.5) is 17.6 Å². The normalized spacial score (nSPS) is 29.6. The molecule has 0 bridgehead atoms. The summed E-state index contributed by atoms with van der Waals surface area (Å²) < 4.78 is 82.7. The molecule has 1 aliphatic carbocycles. The van der Waals surface area contributed by atoms with Gasteiger partial charge in [0.15, 0.2) is 17.4 Å². The molecule has 2 aliphatic heterocycles. The summed E-state index contributed by atoms with van der Waals surface area (Å²) in [6.45, 7) is 5.61. The molecule has 1 unspecified atom stereocenters. The topological polar surface area (TPSA) is 101 Å². The number of ether oxygens (including phenoxy) is 4. The second kappa shape index (κ2) is 12.2.